The maximum Gasteiger partial charge on any atom is 0.344 e. The molecule has 0 atom stereocenters. The van der Waals surface area contributed by atoms with Crippen molar-refractivity contribution in [2.45, 2.75) is 6.61 Å². The molecule has 0 saturated heterocycles. The van der Waals surface area contributed by atoms with Crippen molar-refractivity contribution in [2.75, 3.05) is 13.7 Å². The number of para-hydroxylation sites is 2. The zero-order valence-electron chi connectivity index (χ0n) is 17.1. The SMILES string of the molecule is COc1ccccc1-c1noc(COC(=O)COc2ccc3oc4ccccc4c3c2)n1. The highest BCUT2D eigenvalue weighted by Gasteiger charge is 2.15. The molecule has 160 valence electrons. The molecule has 5 rings (SSSR count). The maximum absolute atomic E-state index is 12.1. The van der Waals surface area contributed by atoms with E-state index >= 15 is 0 Å². The molecular weight excluding hydrogens is 412 g/mol. The topological polar surface area (TPSA) is 96.8 Å². The van der Waals surface area contributed by atoms with E-state index in [1.807, 2.05) is 54.6 Å². The van der Waals surface area contributed by atoms with E-state index in [4.69, 9.17) is 23.2 Å². The molecule has 8 heteroatoms. The van der Waals surface area contributed by atoms with E-state index in [1.54, 1.807) is 19.2 Å². The van der Waals surface area contributed by atoms with Crippen LogP contribution in [0.25, 0.3) is 33.3 Å². The minimum atomic E-state index is -0.556. The lowest BCUT2D eigenvalue weighted by Gasteiger charge is -2.05. The first-order chi connectivity index (χ1) is 15.7. The van der Waals surface area contributed by atoms with Gasteiger partial charge in [0.1, 0.15) is 22.7 Å². The second-order valence-electron chi connectivity index (χ2n) is 6.92. The number of fused-ring (bicyclic) bond motifs is 3. The number of benzene rings is 3. The minimum Gasteiger partial charge on any atom is -0.496 e. The van der Waals surface area contributed by atoms with Crippen LogP contribution in [0.5, 0.6) is 11.5 Å². The van der Waals surface area contributed by atoms with Crippen molar-refractivity contribution < 1.29 is 27.9 Å². The third-order valence-electron chi connectivity index (χ3n) is 4.88. The number of nitrogens with zero attached hydrogens (tertiary/aromatic N) is 2. The van der Waals surface area contributed by atoms with Crippen molar-refractivity contribution in [3.05, 3.63) is 72.6 Å². The second kappa shape index (κ2) is 8.43. The van der Waals surface area contributed by atoms with E-state index in [-0.39, 0.29) is 19.1 Å². The van der Waals surface area contributed by atoms with Crippen LogP contribution in [0.2, 0.25) is 0 Å². The molecule has 0 aliphatic heterocycles. The monoisotopic (exact) mass is 430 g/mol. The summed E-state index contributed by atoms with van der Waals surface area (Å²) in [7, 11) is 1.56. The zero-order valence-corrected chi connectivity index (χ0v) is 17.1. The fourth-order valence-corrected chi connectivity index (χ4v) is 3.37. The minimum absolute atomic E-state index is 0.157. The quantitative estimate of drug-likeness (QED) is 0.341. The van der Waals surface area contributed by atoms with E-state index in [0.29, 0.717) is 22.9 Å². The Morgan fingerprint density at radius 3 is 2.69 bits per heavy atom. The summed E-state index contributed by atoms with van der Waals surface area (Å²) in [6.07, 6.45) is 0. The lowest BCUT2D eigenvalue weighted by molar-refractivity contribution is -0.148. The first kappa shape index (κ1) is 19.6. The van der Waals surface area contributed by atoms with Gasteiger partial charge in [0.15, 0.2) is 13.2 Å². The van der Waals surface area contributed by atoms with Crippen LogP contribution in [0.1, 0.15) is 5.89 Å². The number of ether oxygens (including phenoxy) is 3. The number of methoxy groups -OCH3 is 1. The molecule has 0 amide bonds. The van der Waals surface area contributed by atoms with Gasteiger partial charge in [-0.05, 0) is 36.4 Å². The van der Waals surface area contributed by atoms with Gasteiger partial charge in [-0.15, -0.1) is 0 Å². The fraction of sp³-hybridized carbons (Fsp3) is 0.125. The molecule has 0 radical (unpaired) electrons. The molecule has 2 heterocycles. The number of hydrogen-bond acceptors (Lipinski definition) is 8. The molecule has 0 saturated carbocycles. The molecule has 2 aromatic heterocycles. The van der Waals surface area contributed by atoms with Crippen molar-refractivity contribution in [2.24, 2.45) is 0 Å². The third kappa shape index (κ3) is 3.85. The molecule has 3 aromatic carbocycles. The Kier molecular flexibility index (Phi) is 5.17. The molecule has 32 heavy (non-hydrogen) atoms. The summed E-state index contributed by atoms with van der Waals surface area (Å²) in [5.41, 5.74) is 2.23. The first-order valence-corrected chi connectivity index (χ1v) is 9.87. The molecule has 0 aliphatic rings. The van der Waals surface area contributed by atoms with Crippen LogP contribution in [0, 0.1) is 0 Å². The Balaban J connectivity index is 1.20. The molecule has 0 aliphatic carbocycles. The standard InChI is InChI=1S/C24H18N2O6/c1-28-19-8-4-3-7-17(19)24-25-22(32-26-24)13-30-23(27)14-29-15-10-11-21-18(12-15)16-6-2-5-9-20(16)31-21/h2-12H,13-14H2,1H3. The van der Waals surface area contributed by atoms with Crippen LogP contribution in [0.4, 0.5) is 0 Å². The molecule has 0 bridgehead atoms. The van der Waals surface area contributed by atoms with Crippen molar-refractivity contribution in [1.29, 1.82) is 0 Å². The molecule has 0 fully saturated rings. The molecular formula is C24H18N2O6. The predicted octanol–water partition coefficient (Wildman–Crippen LogP) is 4.77. The van der Waals surface area contributed by atoms with Crippen molar-refractivity contribution in [1.82, 2.24) is 10.1 Å². The van der Waals surface area contributed by atoms with Crippen LogP contribution in [0.3, 0.4) is 0 Å². The second-order valence-corrected chi connectivity index (χ2v) is 6.92. The average molecular weight is 430 g/mol. The van der Waals surface area contributed by atoms with Gasteiger partial charge in [-0.1, -0.05) is 35.5 Å². The summed E-state index contributed by atoms with van der Waals surface area (Å²) < 4.78 is 27.0. The summed E-state index contributed by atoms with van der Waals surface area (Å²) in [6, 6.07) is 20.4. The van der Waals surface area contributed by atoms with Crippen molar-refractivity contribution >= 4 is 27.9 Å². The molecule has 8 nitrogen and oxygen atoms in total. The number of furan rings is 1. The van der Waals surface area contributed by atoms with Crippen LogP contribution < -0.4 is 9.47 Å². The van der Waals surface area contributed by atoms with Gasteiger partial charge in [-0.25, -0.2) is 4.79 Å². The van der Waals surface area contributed by atoms with Gasteiger partial charge in [-0.2, -0.15) is 4.98 Å². The fourth-order valence-electron chi connectivity index (χ4n) is 3.37. The van der Waals surface area contributed by atoms with Crippen LogP contribution in [-0.4, -0.2) is 29.8 Å². The Morgan fingerprint density at radius 2 is 1.78 bits per heavy atom. The van der Waals surface area contributed by atoms with E-state index < -0.39 is 5.97 Å². The number of rotatable bonds is 7. The average Bonchev–Trinajstić information content (AvgIpc) is 3.46. The van der Waals surface area contributed by atoms with E-state index in [1.165, 1.54) is 0 Å². The van der Waals surface area contributed by atoms with E-state index in [0.717, 1.165) is 21.9 Å². The van der Waals surface area contributed by atoms with Gasteiger partial charge >= 0.3 is 5.97 Å². The number of hydrogen-bond donors (Lipinski definition) is 0. The van der Waals surface area contributed by atoms with E-state index in [2.05, 4.69) is 10.1 Å². The van der Waals surface area contributed by atoms with Gasteiger partial charge in [0.2, 0.25) is 5.82 Å². The summed E-state index contributed by atoms with van der Waals surface area (Å²) in [4.78, 5) is 16.4. The van der Waals surface area contributed by atoms with Crippen molar-refractivity contribution in [3.63, 3.8) is 0 Å². The predicted molar refractivity (Wildman–Crippen MR) is 115 cm³/mol. The van der Waals surface area contributed by atoms with Crippen LogP contribution >= 0.6 is 0 Å². The lowest BCUT2D eigenvalue weighted by Crippen LogP contribution is -2.14. The largest absolute Gasteiger partial charge is 0.496 e. The zero-order chi connectivity index (χ0) is 21.9. The summed E-state index contributed by atoms with van der Waals surface area (Å²) in [5.74, 6) is 1.12. The van der Waals surface area contributed by atoms with Gasteiger partial charge in [-0.3, -0.25) is 0 Å². The highest BCUT2D eigenvalue weighted by Crippen LogP contribution is 2.31. The number of esters is 1. The van der Waals surface area contributed by atoms with E-state index in [9.17, 15) is 4.79 Å². The summed E-state index contributed by atoms with van der Waals surface area (Å²) in [6.45, 7) is -0.412. The number of carbonyl (C=O) groups excluding carboxylic acids is 1. The van der Waals surface area contributed by atoms with Crippen molar-refractivity contribution in [3.8, 4) is 22.9 Å². The number of aromatic nitrogens is 2. The Bertz CT molecular complexity index is 1400. The van der Waals surface area contributed by atoms with Gasteiger partial charge in [0, 0.05) is 10.8 Å². The Morgan fingerprint density at radius 1 is 0.969 bits per heavy atom. The summed E-state index contributed by atoms with van der Waals surface area (Å²) >= 11 is 0. The van der Waals surface area contributed by atoms with Crippen LogP contribution in [-0.2, 0) is 16.1 Å². The lowest BCUT2D eigenvalue weighted by atomic mass is 10.1. The van der Waals surface area contributed by atoms with Gasteiger partial charge in [0.25, 0.3) is 5.89 Å². The molecule has 0 unspecified atom stereocenters. The highest BCUT2D eigenvalue weighted by molar-refractivity contribution is 6.05. The third-order valence-corrected chi connectivity index (χ3v) is 4.88. The van der Waals surface area contributed by atoms with Crippen LogP contribution in [0.15, 0.2) is 75.7 Å². The highest BCUT2D eigenvalue weighted by atomic mass is 16.6. The molecule has 0 N–H and O–H groups in total. The molecule has 0 spiro atoms. The maximum atomic E-state index is 12.1. The Labute approximate surface area is 182 Å². The normalized spacial score (nSPS) is 11.0. The number of carbonyl (C=O) groups is 1. The first-order valence-electron chi connectivity index (χ1n) is 9.87. The summed E-state index contributed by atoms with van der Waals surface area (Å²) in [5, 5.41) is 5.82. The Hall–Kier alpha value is -4.33. The molecule has 5 aromatic rings. The smallest absolute Gasteiger partial charge is 0.344 e. The van der Waals surface area contributed by atoms with Gasteiger partial charge in [0.05, 0.1) is 12.7 Å². The van der Waals surface area contributed by atoms with Gasteiger partial charge < -0.3 is 23.2 Å².